The first-order chi connectivity index (χ1) is 8.61. The largest absolute Gasteiger partial charge is 0.377 e. The van der Waals surface area contributed by atoms with Gasteiger partial charge >= 0.3 is 0 Å². The Morgan fingerprint density at radius 2 is 2.39 bits per heavy atom. The first-order valence-electron chi connectivity index (χ1n) is 6.80. The van der Waals surface area contributed by atoms with Gasteiger partial charge in [-0.25, -0.2) is 0 Å². The number of ketones is 1. The van der Waals surface area contributed by atoms with Gasteiger partial charge in [-0.2, -0.15) is 5.10 Å². The number of carbonyl (C=O) groups excluding carboxylic acids is 1. The summed E-state index contributed by atoms with van der Waals surface area (Å²) in [6, 6.07) is 2.28. The summed E-state index contributed by atoms with van der Waals surface area (Å²) in [4.78, 5) is 12.2. The van der Waals surface area contributed by atoms with Crippen LogP contribution < -0.4 is 0 Å². The second-order valence-electron chi connectivity index (χ2n) is 5.24. The average molecular weight is 250 g/mol. The van der Waals surface area contributed by atoms with Gasteiger partial charge in [0.2, 0.25) is 0 Å². The van der Waals surface area contributed by atoms with E-state index >= 15 is 0 Å². The van der Waals surface area contributed by atoms with Crippen LogP contribution in [0.4, 0.5) is 0 Å². The minimum absolute atomic E-state index is 0.0687. The van der Waals surface area contributed by atoms with Gasteiger partial charge in [-0.3, -0.25) is 9.48 Å². The number of hydrogen-bond acceptors (Lipinski definition) is 3. The van der Waals surface area contributed by atoms with Crippen LogP contribution in [0.5, 0.6) is 0 Å². The molecule has 100 valence electrons. The van der Waals surface area contributed by atoms with E-state index < -0.39 is 0 Å². The molecule has 0 bridgehead atoms. The Balaban J connectivity index is 1.98. The van der Waals surface area contributed by atoms with Crippen molar-refractivity contribution in [3.63, 3.8) is 0 Å². The van der Waals surface area contributed by atoms with E-state index in [4.69, 9.17) is 4.74 Å². The van der Waals surface area contributed by atoms with Crippen molar-refractivity contribution in [1.29, 1.82) is 0 Å². The van der Waals surface area contributed by atoms with Crippen LogP contribution in [-0.4, -0.2) is 28.3 Å². The van der Waals surface area contributed by atoms with Crippen LogP contribution in [0.3, 0.4) is 0 Å². The fourth-order valence-corrected chi connectivity index (χ4v) is 2.49. The maximum atomic E-state index is 12.2. The first-order valence-corrected chi connectivity index (χ1v) is 6.80. The molecule has 0 N–H and O–H groups in total. The highest BCUT2D eigenvalue weighted by molar-refractivity contribution is 5.83. The molecule has 0 spiro atoms. The molecule has 2 heterocycles. The van der Waals surface area contributed by atoms with Gasteiger partial charge in [0, 0.05) is 24.8 Å². The minimum atomic E-state index is 0.0687. The van der Waals surface area contributed by atoms with Gasteiger partial charge in [0.05, 0.1) is 18.2 Å². The molecule has 0 saturated carbocycles. The lowest BCUT2D eigenvalue weighted by molar-refractivity contribution is -0.123. The fourth-order valence-electron chi connectivity index (χ4n) is 2.49. The van der Waals surface area contributed by atoms with Gasteiger partial charge < -0.3 is 4.74 Å². The predicted octanol–water partition coefficient (Wildman–Crippen LogP) is 2.39. The highest BCUT2D eigenvalue weighted by Gasteiger charge is 2.32. The van der Waals surface area contributed by atoms with Crippen LogP contribution in [0, 0.1) is 5.92 Å². The molecule has 4 heteroatoms. The first kappa shape index (κ1) is 13.3. The molecule has 2 unspecified atom stereocenters. The summed E-state index contributed by atoms with van der Waals surface area (Å²) >= 11 is 0. The van der Waals surface area contributed by atoms with E-state index in [-0.39, 0.29) is 17.8 Å². The molecular weight excluding hydrogens is 228 g/mol. The van der Waals surface area contributed by atoms with Gasteiger partial charge in [-0.1, -0.05) is 6.92 Å². The summed E-state index contributed by atoms with van der Waals surface area (Å²) in [6.07, 6.45) is 4.27. The Labute approximate surface area is 108 Å². The smallest absolute Gasteiger partial charge is 0.144 e. The molecule has 0 aliphatic carbocycles. The molecule has 2 atom stereocenters. The highest BCUT2D eigenvalue weighted by atomic mass is 16.5. The zero-order valence-electron chi connectivity index (χ0n) is 11.4. The summed E-state index contributed by atoms with van der Waals surface area (Å²) in [5, 5.41) is 4.43. The van der Waals surface area contributed by atoms with E-state index in [9.17, 15) is 4.79 Å². The van der Waals surface area contributed by atoms with E-state index in [0.717, 1.165) is 25.1 Å². The highest BCUT2D eigenvalue weighted by Crippen LogP contribution is 2.25. The molecule has 18 heavy (non-hydrogen) atoms. The molecule has 1 saturated heterocycles. The molecule has 1 fully saturated rings. The van der Waals surface area contributed by atoms with Crippen molar-refractivity contribution in [2.24, 2.45) is 5.92 Å². The van der Waals surface area contributed by atoms with E-state index in [1.807, 2.05) is 16.9 Å². The lowest BCUT2D eigenvalue weighted by atomic mass is 9.92. The lowest BCUT2D eigenvalue weighted by Gasteiger charge is -2.14. The summed E-state index contributed by atoms with van der Waals surface area (Å²) < 4.78 is 7.46. The maximum absolute atomic E-state index is 12.2. The summed E-state index contributed by atoms with van der Waals surface area (Å²) in [7, 11) is 0. The van der Waals surface area contributed by atoms with Gasteiger partial charge in [-0.15, -0.1) is 0 Å². The molecule has 1 aliphatic heterocycles. The normalized spacial score (nSPS) is 23.8. The number of hydrogen-bond donors (Lipinski definition) is 0. The molecule has 2 rings (SSSR count). The SMILES string of the molecule is CCC1OCCC1C(=O)Cc1ccn(C(C)C)n1. The lowest BCUT2D eigenvalue weighted by Crippen LogP contribution is -2.25. The van der Waals surface area contributed by atoms with Crippen molar-refractivity contribution < 1.29 is 9.53 Å². The Morgan fingerprint density at radius 3 is 3.00 bits per heavy atom. The van der Waals surface area contributed by atoms with Gasteiger partial charge in [0.15, 0.2) is 0 Å². The van der Waals surface area contributed by atoms with E-state index in [1.54, 1.807) is 0 Å². The van der Waals surface area contributed by atoms with Crippen molar-refractivity contribution in [3.8, 4) is 0 Å². The zero-order chi connectivity index (χ0) is 13.1. The standard InChI is InChI=1S/C14H22N2O2/c1-4-14-12(6-8-18-14)13(17)9-11-5-7-16(15-11)10(2)3/h5,7,10,12,14H,4,6,8-9H2,1-3H3. The van der Waals surface area contributed by atoms with Crippen molar-refractivity contribution >= 4 is 5.78 Å². The summed E-state index contributed by atoms with van der Waals surface area (Å²) in [5.41, 5.74) is 0.871. The summed E-state index contributed by atoms with van der Waals surface area (Å²) in [6.45, 7) is 6.95. The van der Waals surface area contributed by atoms with Crippen LogP contribution in [0.15, 0.2) is 12.3 Å². The molecular formula is C14H22N2O2. The number of Topliss-reactive ketones (excluding diaryl/α,β-unsaturated/α-hetero) is 1. The van der Waals surface area contributed by atoms with Crippen molar-refractivity contribution in [2.75, 3.05) is 6.61 Å². The van der Waals surface area contributed by atoms with E-state index in [1.165, 1.54) is 0 Å². The second-order valence-corrected chi connectivity index (χ2v) is 5.24. The third kappa shape index (κ3) is 2.80. The predicted molar refractivity (Wildman–Crippen MR) is 69.5 cm³/mol. The Bertz CT molecular complexity index is 412. The molecule has 0 radical (unpaired) electrons. The Hall–Kier alpha value is -1.16. The second kappa shape index (κ2) is 5.65. The number of ether oxygens (including phenoxy) is 1. The van der Waals surface area contributed by atoms with Crippen LogP contribution in [0.2, 0.25) is 0 Å². The van der Waals surface area contributed by atoms with Crippen molar-refractivity contribution in [2.45, 2.75) is 52.2 Å². The van der Waals surface area contributed by atoms with Crippen molar-refractivity contribution in [1.82, 2.24) is 9.78 Å². The van der Waals surface area contributed by atoms with Gasteiger partial charge in [0.1, 0.15) is 5.78 Å². The quantitative estimate of drug-likeness (QED) is 0.806. The number of carbonyl (C=O) groups is 1. The molecule has 0 amide bonds. The maximum Gasteiger partial charge on any atom is 0.144 e. The Kier molecular flexibility index (Phi) is 4.17. The van der Waals surface area contributed by atoms with E-state index in [0.29, 0.717) is 12.5 Å². The molecule has 1 aliphatic rings. The van der Waals surface area contributed by atoms with Crippen molar-refractivity contribution in [3.05, 3.63) is 18.0 Å². The van der Waals surface area contributed by atoms with Crippen LogP contribution in [-0.2, 0) is 16.0 Å². The van der Waals surface area contributed by atoms with Gasteiger partial charge in [-0.05, 0) is 32.8 Å². The third-order valence-corrected chi connectivity index (χ3v) is 3.57. The third-order valence-electron chi connectivity index (χ3n) is 3.57. The van der Waals surface area contributed by atoms with Crippen LogP contribution in [0.25, 0.3) is 0 Å². The number of aromatic nitrogens is 2. The molecule has 1 aromatic heterocycles. The molecule has 1 aromatic rings. The monoisotopic (exact) mass is 250 g/mol. The van der Waals surface area contributed by atoms with E-state index in [2.05, 4.69) is 25.9 Å². The van der Waals surface area contributed by atoms with Crippen LogP contribution >= 0.6 is 0 Å². The number of nitrogens with zero attached hydrogens (tertiary/aromatic N) is 2. The zero-order valence-corrected chi connectivity index (χ0v) is 11.4. The molecule has 0 aromatic carbocycles. The Morgan fingerprint density at radius 1 is 1.61 bits per heavy atom. The summed E-state index contributed by atoms with van der Waals surface area (Å²) in [5.74, 6) is 0.340. The average Bonchev–Trinajstić information content (AvgIpc) is 2.96. The van der Waals surface area contributed by atoms with Gasteiger partial charge in [0.25, 0.3) is 0 Å². The number of rotatable bonds is 5. The topological polar surface area (TPSA) is 44.1 Å². The van der Waals surface area contributed by atoms with Crippen LogP contribution in [0.1, 0.15) is 45.3 Å². The minimum Gasteiger partial charge on any atom is -0.377 e. The fraction of sp³-hybridized carbons (Fsp3) is 0.714. The molecule has 4 nitrogen and oxygen atoms in total.